The highest BCUT2D eigenvalue weighted by atomic mass is 16.2. The summed E-state index contributed by atoms with van der Waals surface area (Å²) in [5.41, 5.74) is 2.95. The molecule has 1 heterocycles. The fourth-order valence-corrected chi connectivity index (χ4v) is 3.54. The van der Waals surface area contributed by atoms with E-state index >= 15 is 0 Å². The number of hydrogen-bond donors (Lipinski definition) is 1. The van der Waals surface area contributed by atoms with Crippen LogP contribution in [0.2, 0.25) is 0 Å². The zero-order valence-corrected chi connectivity index (χ0v) is 16.1. The van der Waals surface area contributed by atoms with Crippen molar-refractivity contribution in [3.8, 4) is 0 Å². The van der Waals surface area contributed by atoms with Gasteiger partial charge in [-0.05, 0) is 43.4 Å². The molecule has 0 aromatic heterocycles. The Labute approximate surface area is 152 Å². The van der Waals surface area contributed by atoms with Crippen LogP contribution in [0.1, 0.15) is 65.4 Å². The molecule has 0 saturated carbocycles. The maximum atomic E-state index is 12.6. The standard InChI is InChI=1S/C21H32N2O2/c1-5-8-17(9-6-2)20(24)22-18-12-11-16-10-7-13-23(19(16)14-18)21(25)15(3)4/h11-12,14-15,17H,5-10,13H2,1-4H3,(H,22,24). The lowest BCUT2D eigenvalue weighted by atomic mass is 9.96. The van der Waals surface area contributed by atoms with Crippen LogP contribution in [-0.2, 0) is 16.0 Å². The molecule has 0 atom stereocenters. The van der Waals surface area contributed by atoms with Crippen molar-refractivity contribution in [1.82, 2.24) is 0 Å². The summed E-state index contributed by atoms with van der Waals surface area (Å²) in [7, 11) is 0. The topological polar surface area (TPSA) is 49.4 Å². The van der Waals surface area contributed by atoms with Crippen LogP contribution in [0, 0.1) is 11.8 Å². The molecule has 1 N–H and O–H groups in total. The highest BCUT2D eigenvalue weighted by Gasteiger charge is 2.25. The Kier molecular flexibility index (Phi) is 7.03. The van der Waals surface area contributed by atoms with Crippen LogP contribution in [0.15, 0.2) is 18.2 Å². The normalized spacial score (nSPS) is 13.9. The van der Waals surface area contributed by atoms with Crippen molar-refractivity contribution in [2.45, 2.75) is 66.2 Å². The smallest absolute Gasteiger partial charge is 0.229 e. The number of fused-ring (bicyclic) bond motifs is 1. The summed E-state index contributed by atoms with van der Waals surface area (Å²) in [6.07, 6.45) is 5.84. The van der Waals surface area contributed by atoms with Gasteiger partial charge in [0.15, 0.2) is 0 Å². The molecule has 0 spiro atoms. The summed E-state index contributed by atoms with van der Waals surface area (Å²) in [6, 6.07) is 6.00. The number of amides is 2. The summed E-state index contributed by atoms with van der Waals surface area (Å²) >= 11 is 0. The van der Waals surface area contributed by atoms with Crippen molar-refractivity contribution < 1.29 is 9.59 Å². The number of carbonyl (C=O) groups is 2. The Balaban J connectivity index is 2.20. The van der Waals surface area contributed by atoms with E-state index in [0.717, 1.165) is 56.4 Å². The minimum absolute atomic E-state index is 0.0253. The second-order valence-corrected chi connectivity index (χ2v) is 7.36. The minimum Gasteiger partial charge on any atom is -0.326 e. The van der Waals surface area contributed by atoms with Gasteiger partial charge in [0, 0.05) is 29.8 Å². The molecule has 0 radical (unpaired) electrons. The van der Waals surface area contributed by atoms with Gasteiger partial charge < -0.3 is 10.2 Å². The van der Waals surface area contributed by atoms with Crippen molar-refractivity contribution in [3.05, 3.63) is 23.8 Å². The van der Waals surface area contributed by atoms with E-state index in [9.17, 15) is 9.59 Å². The largest absolute Gasteiger partial charge is 0.326 e. The number of carbonyl (C=O) groups excluding carboxylic acids is 2. The van der Waals surface area contributed by atoms with Gasteiger partial charge in [0.25, 0.3) is 0 Å². The molecule has 1 aliphatic heterocycles. The first-order chi connectivity index (χ1) is 12.0. The number of aryl methyl sites for hydroxylation is 1. The monoisotopic (exact) mass is 344 g/mol. The maximum Gasteiger partial charge on any atom is 0.229 e. The Bertz CT molecular complexity index is 604. The van der Waals surface area contributed by atoms with Crippen molar-refractivity contribution in [1.29, 1.82) is 0 Å². The number of nitrogens with one attached hydrogen (secondary N) is 1. The van der Waals surface area contributed by atoms with Crippen LogP contribution in [0.4, 0.5) is 11.4 Å². The van der Waals surface area contributed by atoms with Gasteiger partial charge in [0.2, 0.25) is 11.8 Å². The quantitative estimate of drug-likeness (QED) is 0.774. The third-order valence-electron chi connectivity index (χ3n) is 4.88. The van der Waals surface area contributed by atoms with E-state index in [-0.39, 0.29) is 23.7 Å². The Morgan fingerprint density at radius 2 is 1.84 bits per heavy atom. The predicted octanol–water partition coefficient (Wildman–Crippen LogP) is 4.78. The Morgan fingerprint density at radius 1 is 1.16 bits per heavy atom. The van der Waals surface area contributed by atoms with Gasteiger partial charge in [-0.2, -0.15) is 0 Å². The average Bonchev–Trinajstić information content (AvgIpc) is 2.60. The Hall–Kier alpha value is -1.84. The summed E-state index contributed by atoms with van der Waals surface area (Å²) in [4.78, 5) is 27.0. The summed E-state index contributed by atoms with van der Waals surface area (Å²) in [6.45, 7) is 8.86. The molecule has 138 valence electrons. The highest BCUT2D eigenvalue weighted by molar-refractivity contribution is 5.98. The van der Waals surface area contributed by atoms with Crippen LogP contribution in [0.25, 0.3) is 0 Å². The van der Waals surface area contributed by atoms with Crippen LogP contribution < -0.4 is 10.2 Å². The summed E-state index contributed by atoms with van der Waals surface area (Å²) < 4.78 is 0. The molecule has 1 aliphatic rings. The molecule has 1 aromatic rings. The zero-order valence-electron chi connectivity index (χ0n) is 16.1. The van der Waals surface area contributed by atoms with Gasteiger partial charge in [-0.3, -0.25) is 9.59 Å². The van der Waals surface area contributed by atoms with E-state index in [1.807, 2.05) is 30.9 Å². The molecule has 4 heteroatoms. The number of rotatable bonds is 7. The van der Waals surface area contributed by atoms with Crippen molar-refractivity contribution in [3.63, 3.8) is 0 Å². The average molecular weight is 344 g/mol. The first-order valence-electron chi connectivity index (χ1n) is 9.73. The van der Waals surface area contributed by atoms with E-state index in [4.69, 9.17) is 0 Å². The third kappa shape index (κ3) is 4.83. The predicted molar refractivity (Wildman–Crippen MR) is 104 cm³/mol. The first-order valence-corrected chi connectivity index (χ1v) is 9.73. The van der Waals surface area contributed by atoms with Gasteiger partial charge in [-0.1, -0.05) is 46.6 Å². The van der Waals surface area contributed by atoms with Gasteiger partial charge in [0.05, 0.1) is 0 Å². The van der Waals surface area contributed by atoms with Gasteiger partial charge in [-0.25, -0.2) is 0 Å². The zero-order chi connectivity index (χ0) is 18.4. The second-order valence-electron chi connectivity index (χ2n) is 7.36. The molecule has 0 saturated heterocycles. The summed E-state index contributed by atoms with van der Waals surface area (Å²) in [5, 5.41) is 3.07. The van der Waals surface area contributed by atoms with E-state index < -0.39 is 0 Å². The molecule has 0 fully saturated rings. The lowest BCUT2D eigenvalue weighted by Gasteiger charge is -2.31. The molecule has 0 bridgehead atoms. The number of benzene rings is 1. The minimum atomic E-state index is -0.0253. The lowest BCUT2D eigenvalue weighted by Crippen LogP contribution is -2.38. The molecular formula is C21H32N2O2. The van der Waals surface area contributed by atoms with Gasteiger partial charge in [-0.15, -0.1) is 0 Å². The first kappa shape index (κ1) is 19.5. The van der Waals surface area contributed by atoms with Crippen molar-refractivity contribution in [2.24, 2.45) is 11.8 Å². The van der Waals surface area contributed by atoms with Crippen LogP contribution in [-0.4, -0.2) is 18.4 Å². The van der Waals surface area contributed by atoms with Crippen molar-refractivity contribution >= 4 is 23.2 Å². The molecule has 4 nitrogen and oxygen atoms in total. The fraction of sp³-hybridized carbons (Fsp3) is 0.619. The van der Waals surface area contributed by atoms with Crippen LogP contribution in [0.3, 0.4) is 0 Å². The Morgan fingerprint density at radius 3 is 2.44 bits per heavy atom. The number of anilines is 2. The molecule has 25 heavy (non-hydrogen) atoms. The molecule has 1 aromatic carbocycles. The van der Waals surface area contributed by atoms with Gasteiger partial charge in [0.1, 0.15) is 0 Å². The molecule has 0 aliphatic carbocycles. The van der Waals surface area contributed by atoms with E-state index in [1.54, 1.807) is 0 Å². The molecule has 2 amide bonds. The number of hydrogen-bond acceptors (Lipinski definition) is 2. The van der Waals surface area contributed by atoms with Crippen LogP contribution in [0.5, 0.6) is 0 Å². The molecule has 0 unspecified atom stereocenters. The van der Waals surface area contributed by atoms with E-state index in [0.29, 0.717) is 0 Å². The van der Waals surface area contributed by atoms with E-state index in [1.165, 1.54) is 5.56 Å². The lowest BCUT2D eigenvalue weighted by molar-refractivity contribution is -0.121. The highest BCUT2D eigenvalue weighted by Crippen LogP contribution is 2.31. The second kappa shape index (κ2) is 9.02. The SMILES string of the molecule is CCCC(CCC)C(=O)Nc1ccc2c(c1)N(C(=O)C(C)C)CCC2. The third-order valence-corrected chi connectivity index (χ3v) is 4.88. The van der Waals surface area contributed by atoms with Gasteiger partial charge >= 0.3 is 0 Å². The maximum absolute atomic E-state index is 12.6. The molecular weight excluding hydrogens is 312 g/mol. The van der Waals surface area contributed by atoms with Crippen molar-refractivity contribution in [2.75, 3.05) is 16.8 Å². The van der Waals surface area contributed by atoms with E-state index in [2.05, 4.69) is 25.2 Å². The number of nitrogens with zero attached hydrogens (tertiary/aromatic N) is 1. The fourth-order valence-electron chi connectivity index (χ4n) is 3.54. The van der Waals surface area contributed by atoms with Crippen LogP contribution >= 0.6 is 0 Å². The summed E-state index contributed by atoms with van der Waals surface area (Å²) in [5.74, 6) is 0.294. The molecule has 2 rings (SSSR count).